The van der Waals surface area contributed by atoms with Gasteiger partial charge >= 0.3 is 0 Å². The fraction of sp³-hybridized carbons (Fsp3) is 0.200. The van der Waals surface area contributed by atoms with Crippen molar-refractivity contribution < 1.29 is 22.7 Å². The lowest BCUT2D eigenvalue weighted by Crippen LogP contribution is -2.27. The molecular formula is C30H27N3O5S. The summed E-state index contributed by atoms with van der Waals surface area (Å²) in [6.45, 7) is 0.455. The largest absolute Gasteiger partial charge is 0.454 e. The van der Waals surface area contributed by atoms with Crippen LogP contribution < -0.4 is 19.5 Å². The van der Waals surface area contributed by atoms with Crippen molar-refractivity contribution in [3.05, 3.63) is 102 Å². The summed E-state index contributed by atoms with van der Waals surface area (Å²) in [5, 5.41) is 3.07. The van der Waals surface area contributed by atoms with Gasteiger partial charge in [0.15, 0.2) is 11.5 Å². The van der Waals surface area contributed by atoms with Crippen molar-refractivity contribution in [2.75, 3.05) is 18.7 Å². The van der Waals surface area contributed by atoms with E-state index in [2.05, 4.69) is 15.0 Å². The summed E-state index contributed by atoms with van der Waals surface area (Å²) in [7, 11) is -3.64. The minimum atomic E-state index is -3.64. The molecule has 8 nitrogen and oxygen atoms in total. The van der Waals surface area contributed by atoms with Gasteiger partial charge in [-0.1, -0.05) is 36.4 Å². The second kappa shape index (κ2) is 10.2. The third-order valence-corrected chi connectivity index (χ3v) is 8.60. The highest BCUT2D eigenvalue weighted by Gasteiger charge is 2.51. The number of rotatable bonds is 9. The highest BCUT2D eigenvalue weighted by molar-refractivity contribution is 7.89. The number of carbonyl (C=O) groups is 1. The first-order chi connectivity index (χ1) is 18.9. The Kier molecular flexibility index (Phi) is 6.54. The van der Waals surface area contributed by atoms with Gasteiger partial charge in [0, 0.05) is 30.5 Å². The average Bonchev–Trinajstić information content (AvgIpc) is 3.64. The second-order valence-corrected chi connectivity index (χ2v) is 11.4. The van der Waals surface area contributed by atoms with Crippen LogP contribution in [0.3, 0.4) is 0 Å². The fourth-order valence-electron chi connectivity index (χ4n) is 4.76. The Morgan fingerprint density at radius 1 is 0.872 bits per heavy atom. The van der Waals surface area contributed by atoms with E-state index in [1.165, 1.54) is 0 Å². The van der Waals surface area contributed by atoms with Gasteiger partial charge in [0.2, 0.25) is 22.7 Å². The van der Waals surface area contributed by atoms with Crippen LogP contribution in [-0.4, -0.2) is 32.6 Å². The molecule has 4 aromatic rings. The van der Waals surface area contributed by atoms with Crippen LogP contribution in [-0.2, 0) is 26.7 Å². The summed E-state index contributed by atoms with van der Waals surface area (Å²) in [6.07, 6.45) is 3.73. The summed E-state index contributed by atoms with van der Waals surface area (Å²) in [4.78, 5) is 17.7. The molecule has 0 atom stereocenters. The van der Waals surface area contributed by atoms with Gasteiger partial charge in [0.25, 0.3) is 0 Å². The fourth-order valence-corrected chi connectivity index (χ4v) is 5.79. The number of aromatic nitrogens is 1. The van der Waals surface area contributed by atoms with E-state index in [1.54, 1.807) is 30.5 Å². The van der Waals surface area contributed by atoms with Gasteiger partial charge in [0.1, 0.15) is 0 Å². The van der Waals surface area contributed by atoms with Gasteiger partial charge in [0.05, 0.1) is 10.3 Å². The van der Waals surface area contributed by atoms with Crippen LogP contribution in [0, 0.1) is 0 Å². The van der Waals surface area contributed by atoms with Gasteiger partial charge in [-0.15, -0.1) is 0 Å². The van der Waals surface area contributed by atoms with E-state index < -0.39 is 15.4 Å². The molecule has 198 valence electrons. The molecule has 39 heavy (non-hydrogen) atoms. The predicted octanol–water partition coefficient (Wildman–Crippen LogP) is 4.67. The molecule has 2 heterocycles. The van der Waals surface area contributed by atoms with Gasteiger partial charge in [-0.25, -0.2) is 13.1 Å². The smallest absolute Gasteiger partial charge is 0.240 e. The molecule has 1 aliphatic carbocycles. The minimum Gasteiger partial charge on any atom is -0.454 e. The standard InChI is InChI=1S/C30H27N3O5S/c34-29(30(14-15-30)23-9-12-27-28(19-23)38-20-37-27)33-25-6-3-4-22(18-25)21-7-10-26(11-8-21)39(35,36)32-17-13-24-5-1-2-16-31-24/h1-12,16,18-19,32H,13-15,17,20H2,(H,33,34). The highest BCUT2D eigenvalue weighted by atomic mass is 32.2. The van der Waals surface area contributed by atoms with E-state index in [0.717, 1.165) is 35.2 Å². The normalized spacial score (nSPS) is 15.1. The van der Waals surface area contributed by atoms with Crippen molar-refractivity contribution in [2.24, 2.45) is 0 Å². The molecule has 2 aliphatic rings. The van der Waals surface area contributed by atoms with Gasteiger partial charge in [-0.05, 0) is 78.1 Å². The molecule has 2 N–H and O–H groups in total. The number of amides is 1. The molecule has 1 fully saturated rings. The van der Waals surface area contributed by atoms with E-state index in [0.29, 0.717) is 23.6 Å². The van der Waals surface area contributed by atoms with E-state index in [4.69, 9.17) is 9.47 Å². The lowest BCUT2D eigenvalue weighted by Gasteiger charge is -2.17. The summed E-state index contributed by atoms with van der Waals surface area (Å²) < 4.78 is 39.0. The number of anilines is 1. The molecule has 0 saturated heterocycles. The number of benzene rings is 3. The van der Waals surface area contributed by atoms with Crippen molar-refractivity contribution in [1.29, 1.82) is 0 Å². The monoisotopic (exact) mass is 541 g/mol. The van der Waals surface area contributed by atoms with Crippen molar-refractivity contribution in [2.45, 2.75) is 29.6 Å². The van der Waals surface area contributed by atoms with E-state index in [-0.39, 0.29) is 24.1 Å². The number of hydrogen-bond donors (Lipinski definition) is 2. The molecule has 0 spiro atoms. The third kappa shape index (κ3) is 5.23. The molecule has 1 saturated carbocycles. The van der Waals surface area contributed by atoms with Gasteiger partial charge in [-0.2, -0.15) is 0 Å². The molecule has 0 unspecified atom stereocenters. The maximum Gasteiger partial charge on any atom is 0.240 e. The molecule has 0 bridgehead atoms. The van der Waals surface area contributed by atoms with Crippen LogP contribution in [0.1, 0.15) is 24.1 Å². The van der Waals surface area contributed by atoms with E-state index in [9.17, 15) is 13.2 Å². The van der Waals surface area contributed by atoms with Crippen molar-refractivity contribution in [3.63, 3.8) is 0 Å². The average molecular weight is 542 g/mol. The van der Waals surface area contributed by atoms with Gasteiger partial charge < -0.3 is 14.8 Å². The Morgan fingerprint density at radius 2 is 1.69 bits per heavy atom. The first-order valence-electron chi connectivity index (χ1n) is 12.7. The van der Waals surface area contributed by atoms with Crippen molar-refractivity contribution in [3.8, 4) is 22.6 Å². The zero-order valence-corrected chi connectivity index (χ0v) is 21.9. The molecule has 0 radical (unpaired) electrons. The number of ether oxygens (including phenoxy) is 2. The number of nitrogens with one attached hydrogen (secondary N) is 2. The number of carbonyl (C=O) groups excluding carboxylic acids is 1. The number of pyridine rings is 1. The highest BCUT2D eigenvalue weighted by Crippen LogP contribution is 2.51. The van der Waals surface area contributed by atoms with Crippen LogP contribution in [0.4, 0.5) is 5.69 Å². The lowest BCUT2D eigenvalue weighted by atomic mass is 9.94. The number of nitrogens with zero attached hydrogens (tertiary/aromatic N) is 1. The van der Waals surface area contributed by atoms with E-state index in [1.807, 2.05) is 60.7 Å². The predicted molar refractivity (Wildman–Crippen MR) is 147 cm³/mol. The number of hydrogen-bond acceptors (Lipinski definition) is 6. The number of sulfonamides is 1. The molecule has 6 rings (SSSR count). The van der Waals surface area contributed by atoms with Crippen LogP contribution in [0.25, 0.3) is 11.1 Å². The minimum absolute atomic E-state index is 0.0586. The maximum absolute atomic E-state index is 13.3. The Balaban J connectivity index is 1.12. The quantitative estimate of drug-likeness (QED) is 0.319. The molecule has 9 heteroatoms. The lowest BCUT2D eigenvalue weighted by molar-refractivity contribution is -0.118. The van der Waals surface area contributed by atoms with Crippen LogP contribution in [0.15, 0.2) is 96.0 Å². The molecule has 1 aromatic heterocycles. The van der Waals surface area contributed by atoms with Crippen molar-refractivity contribution in [1.82, 2.24) is 9.71 Å². The summed E-state index contributed by atoms with van der Waals surface area (Å²) >= 11 is 0. The Bertz CT molecular complexity index is 1620. The molecule has 3 aromatic carbocycles. The second-order valence-electron chi connectivity index (χ2n) is 9.68. The third-order valence-electron chi connectivity index (χ3n) is 7.13. The maximum atomic E-state index is 13.3. The Labute approximate surface area is 227 Å². The van der Waals surface area contributed by atoms with Crippen LogP contribution in [0.5, 0.6) is 11.5 Å². The Morgan fingerprint density at radius 3 is 2.46 bits per heavy atom. The summed E-state index contributed by atoms with van der Waals surface area (Å²) in [6, 6.07) is 25.5. The zero-order chi connectivity index (χ0) is 26.9. The summed E-state index contributed by atoms with van der Waals surface area (Å²) in [5.74, 6) is 1.31. The summed E-state index contributed by atoms with van der Waals surface area (Å²) in [5.41, 5.74) is 3.56. The SMILES string of the molecule is O=C(Nc1cccc(-c2ccc(S(=O)(=O)NCCc3ccccn3)cc2)c1)C1(c2ccc3c(c2)OCO3)CC1. The van der Waals surface area contributed by atoms with Gasteiger partial charge in [-0.3, -0.25) is 9.78 Å². The molecule has 1 amide bonds. The van der Waals surface area contributed by atoms with Crippen LogP contribution >= 0.6 is 0 Å². The number of fused-ring (bicyclic) bond motifs is 1. The van der Waals surface area contributed by atoms with E-state index >= 15 is 0 Å². The van der Waals surface area contributed by atoms with Crippen LogP contribution in [0.2, 0.25) is 0 Å². The molecular weight excluding hydrogens is 514 g/mol. The Hall–Kier alpha value is -4.21. The zero-order valence-electron chi connectivity index (χ0n) is 21.1. The topological polar surface area (TPSA) is 107 Å². The molecule has 1 aliphatic heterocycles. The first kappa shape index (κ1) is 25.1. The van der Waals surface area contributed by atoms with Crippen molar-refractivity contribution >= 4 is 21.6 Å². The first-order valence-corrected chi connectivity index (χ1v) is 14.2.